The molecule has 30 valence electrons. The predicted octanol–water partition coefficient (Wildman–Crippen LogP) is 0.928. The fraction of sp³-hybridized carbons (Fsp3) is 1.00. The van der Waals surface area contributed by atoms with Crippen LogP contribution in [0.1, 0.15) is 6.92 Å². The molecule has 5 heavy (non-hydrogen) atoms. The summed E-state index contributed by atoms with van der Waals surface area (Å²) in [6, 6.07) is 0. The molecule has 2 heteroatoms. The van der Waals surface area contributed by atoms with E-state index in [1.54, 1.807) is 0 Å². The molecular weight excluding hydrogens is 82.1 g/mol. The third-order valence-electron chi connectivity index (χ3n) is 0.664. The molecule has 1 rings (SSSR count). The maximum atomic E-state index is 2.29. The third-order valence-corrected chi connectivity index (χ3v) is 1.55. The maximum absolute atomic E-state index is 2.29. The van der Waals surface area contributed by atoms with Crippen molar-refractivity contribution >= 4 is 11.9 Å². The van der Waals surface area contributed by atoms with Crippen molar-refractivity contribution in [3.8, 4) is 0 Å². The van der Waals surface area contributed by atoms with Crippen molar-refractivity contribution in [3.05, 3.63) is 0 Å². The summed E-state index contributed by atoms with van der Waals surface area (Å²) in [4.78, 5) is 0. The molecule has 0 bridgehead atoms. The van der Waals surface area contributed by atoms with Gasteiger partial charge in [0.1, 0.15) is 0 Å². The van der Waals surface area contributed by atoms with Gasteiger partial charge in [0.15, 0.2) is 0 Å². The largest absolute Gasteiger partial charge is 0.238 e. The van der Waals surface area contributed by atoms with Crippen LogP contribution >= 0.6 is 11.9 Å². The zero-order valence-electron chi connectivity index (χ0n) is 3.27. The molecule has 1 saturated heterocycles. The molecule has 1 fully saturated rings. The second-order valence-corrected chi connectivity index (χ2v) is 2.09. The normalized spacial score (nSPS) is 34.2. The Morgan fingerprint density at radius 2 is 2.60 bits per heavy atom. The van der Waals surface area contributed by atoms with Gasteiger partial charge in [-0.25, -0.2) is 4.31 Å². The lowest BCUT2D eigenvalue weighted by molar-refractivity contribution is 0.669. The molecule has 1 heterocycles. The van der Waals surface area contributed by atoms with Crippen LogP contribution in [0, 0.1) is 0 Å². The van der Waals surface area contributed by atoms with Crippen LogP contribution in [0.3, 0.4) is 0 Å². The molecule has 0 N–H and O–H groups in total. The summed E-state index contributed by atoms with van der Waals surface area (Å²) in [5.41, 5.74) is 0. The van der Waals surface area contributed by atoms with E-state index in [1.807, 2.05) is 11.9 Å². The highest BCUT2D eigenvalue weighted by atomic mass is 32.2. The van der Waals surface area contributed by atoms with Crippen molar-refractivity contribution in [3.63, 3.8) is 0 Å². The van der Waals surface area contributed by atoms with E-state index in [-0.39, 0.29) is 0 Å². The van der Waals surface area contributed by atoms with E-state index in [0.29, 0.717) is 0 Å². The van der Waals surface area contributed by atoms with Crippen molar-refractivity contribution in [1.29, 1.82) is 0 Å². The molecule has 0 aliphatic carbocycles. The van der Waals surface area contributed by atoms with Crippen LogP contribution in [-0.4, -0.2) is 16.7 Å². The topological polar surface area (TPSA) is 3.01 Å². The first kappa shape index (κ1) is 3.50. The molecule has 0 aromatic heterocycles. The van der Waals surface area contributed by atoms with Crippen molar-refractivity contribution in [1.82, 2.24) is 4.31 Å². The van der Waals surface area contributed by atoms with Crippen LogP contribution in [0.25, 0.3) is 0 Å². The summed E-state index contributed by atoms with van der Waals surface area (Å²) in [6.45, 7) is 3.38. The zero-order valence-corrected chi connectivity index (χ0v) is 4.09. The SMILES string of the molecule is CCN1CS1. The van der Waals surface area contributed by atoms with Crippen LogP contribution in [0.15, 0.2) is 0 Å². The van der Waals surface area contributed by atoms with Crippen LogP contribution < -0.4 is 0 Å². The van der Waals surface area contributed by atoms with Crippen LogP contribution in [0.2, 0.25) is 0 Å². The van der Waals surface area contributed by atoms with E-state index >= 15 is 0 Å². The van der Waals surface area contributed by atoms with Gasteiger partial charge in [-0.2, -0.15) is 0 Å². The van der Waals surface area contributed by atoms with E-state index in [9.17, 15) is 0 Å². The van der Waals surface area contributed by atoms with Gasteiger partial charge in [0, 0.05) is 6.54 Å². The van der Waals surface area contributed by atoms with Gasteiger partial charge >= 0.3 is 0 Å². The van der Waals surface area contributed by atoms with Gasteiger partial charge in [0.2, 0.25) is 0 Å². The van der Waals surface area contributed by atoms with Crippen molar-refractivity contribution in [2.45, 2.75) is 6.92 Å². The fourth-order valence-electron chi connectivity index (χ4n) is 0.223. The monoisotopic (exact) mass is 89.0 g/mol. The van der Waals surface area contributed by atoms with Gasteiger partial charge in [-0.05, 0) is 0 Å². The second-order valence-electron chi connectivity index (χ2n) is 1.06. The Balaban J connectivity index is 2.00. The standard InChI is InChI=1S/C3H7NS/c1-2-4-3-5-4/h2-3H2,1H3. The number of hydrogen-bond donors (Lipinski definition) is 0. The van der Waals surface area contributed by atoms with E-state index in [0.717, 1.165) is 0 Å². The molecule has 0 aromatic carbocycles. The van der Waals surface area contributed by atoms with Gasteiger partial charge in [-0.3, -0.25) is 0 Å². The second kappa shape index (κ2) is 1.19. The van der Waals surface area contributed by atoms with E-state index in [4.69, 9.17) is 0 Å². The molecule has 1 nitrogen and oxygen atoms in total. The molecule has 0 radical (unpaired) electrons. The molecule has 1 aliphatic rings. The minimum atomic E-state index is 1.21. The average Bonchev–Trinajstić information content (AvgIpc) is 2.12. The van der Waals surface area contributed by atoms with Gasteiger partial charge in [0.25, 0.3) is 0 Å². The lowest BCUT2D eigenvalue weighted by Gasteiger charge is -1.78. The Bertz CT molecular complexity index is 33.9. The summed E-state index contributed by atoms with van der Waals surface area (Å²) in [5.74, 6) is 1.26. The first-order valence-electron chi connectivity index (χ1n) is 1.81. The van der Waals surface area contributed by atoms with Crippen LogP contribution in [0.5, 0.6) is 0 Å². The Kier molecular flexibility index (Phi) is 0.830. The maximum Gasteiger partial charge on any atom is 0.0694 e. The van der Waals surface area contributed by atoms with E-state index in [1.165, 1.54) is 12.4 Å². The summed E-state index contributed by atoms with van der Waals surface area (Å²) in [5, 5.41) is 0. The van der Waals surface area contributed by atoms with Crippen molar-refractivity contribution in [2.24, 2.45) is 0 Å². The summed E-state index contributed by atoms with van der Waals surface area (Å²) >= 11 is 1.90. The molecule has 0 saturated carbocycles. The number of rotatable bonds is 1. The average molecular weight is 89.2 g/mol. The van der Waals surface area contributed by atoms with Crippen molar-refractivity contribution < 1.29 is 0 Å². The van der Waals surface area contributed by atoms with E-state index in [2.05, 4.69) is 11.2 Å². The lowest BCUT2D eigenvalue weighted by atomic mass is 10.8. The first-order chi connectivity index (χ1) is 2.43. The minimum absolute atomic E-state index is 1.21. The quantitative estimate of drug-likeness (QED) is 0.347. The summed E-state index contributed by atoms with van der Waals surface area (Å²) < 4.78 is 2.29. The summed E-state index contributed by atoms with van der Waals surface area (Å²) in [6.07, 6.45) is 0. The van der Waals surface area contributed by atoms with Crippen LogP contribution in [0.4, 0.5) is 0 Å². The van der Waals surface area contributed by atoms with Gasteiger partial charge in [-0.15, -0.1) is 0 Å². The Morgan fingerprint density at radius 1 is 2.00 bits per heavy atom. The molecule has 1 unspecified atom stereocenters. The highest BCUT2D eigenvalue weighted by Gasteiger charge is 2.13. The van der Waals surface area contributed by atoms with Gasteiger partial charge < -0.3 is 0 Å². The Labute approximate surface area is 36.5 Å². The Morgan fingerprint density at radius 3 is 2.60 bits per heavy atom. The predicted molar refractivity (Wildman–Crippen MR) is 24.8 cm³/mol. The fourth-order valence-corrected chi connectivity index (χ4v) is 0.670. The van der Waals surface area contributed by atoms with Gasteiger partial charge in [0.05, 0.1) is 5.88 Å². The van der Waals surface area contributed by atoms with Gasteiger partial charge in [-0.1, -0.05) is 18.9 Å². The molecular formula is C3H7NS. The highest BCUT2D eigenvalue weighted by Crippen LogP contribution is 2.25. The van der Waals surface area contributed by atoms with Crippen LogP contribution in [-0.2, 0) is 0 Å². The summed E-state index contributed by atoms with van der Waals surface area (Å²) in [7, 11) is 0. The lowest BCUT2D eigenvalue weighted by Crippen LogP contribution is -1.86. The first-order valence-corrected chi connectivity index (χ1v) is 2.75. The zero-order chi connectivity index (χ0) is 3.70. The molecule has 0 aromatic rings. The third kappa shape index (κ3) is 0.816. The molecule has 0 spiro atoms. The smallest absolute Gasteiger partial charge is 0.0694 e. The molecule has 1 aliphatic heterocycles. The van der Waals surface area contributed by atoms with E-state index < -0.39 is 0 Å². The highest BCUT2D eigenvalue weighted by molar-refractivity contribution is 8.02. The molecule has 0 amide bonds. The molecule has 1 atom stereocenters. The Hall–Kier alpha value is 0.310. The van der Waals surface area contributed by atoms with Crippen molar-refractivity contribution in [2.75, 3.05) is 12.4 Å². The number of nitrogens with zero attached hydrogens (tertiary/aromatic N) is 1. The minimum Gasteiger partial charge on any atom is -0.238 e. The number of hydrogen-bond acceptors (Lipinski definition) is 2.